The molecule has 0 fully saturated rings. The second kappa shape index (κ2) is 5.56. The Balaban J connectivity index is 2.46. The highest BCUT2D eigenvalue weighted by Gasteiger charge is 2.21. The summed E-state index contributed by atoms with van der Waals surface area (Å²) in [6, 6.07) is 4.13. The van der Waals surface area contributed by atoms with Crippen molar-refractivity contribution in [2.45, 2.75) is 9.79 Å². The lowest BCUT2D eigenvalue weighted by Crippen LogP contribution is -2.01. The van der Waals surface area contributed by atoms with Gasteiger partial charge in [-0.25, -0.2) is 8.78 Å². The maximum Gasteiger partial charge on any atom is 0.252 e. The molecule has 0 bridgehead atoms. The quantitative estimate of drug-likeness (QED) is 0.562. The van der Waals surface area contributed by atoms with Gasteiger partial charge in [0, 0.05) is 4.90 Å². The van der Waals surface area contributed by atoms with E-state index < -0.39 is 28.4 Å². The van der Waals surface area contributed by atoms with Crippen molar-refractivity contribution < 1.29 is 17.6 Å². The highest BCUT2D eigenvalue weighted by molar-refractivity contribution is 7.99. The lowest BCUT2D eigenvalue weighted by Gasteiger charge is -2.06. The third-order valence-electron chi connectivity index (χ3n) is 2.07. The van der Waals surface area contributed by atoms with Gasteiger partial charge < -0.3 is 0 Å². The maximum absolute atomic E-state index is 13.4. The SMILES string of the molecule is Fc1nc(F)c(F)c(Sc2ccc(Cl)c(Cl)c2)c1F. The minimum Gasteiger partial charge on any atom is -0.201 e. The summed E-state index contributed by atoms with van der Waals surface area (Å²) >= 11 is 11.9. The van der Waals surface area contributed by atoms with E-state index in [-0.39, 0.29) is 14.9 Å². The van der Waals surface area contributed by atoms with Crippen LogP contribution in [-0.4, -0.2) is 4.98 Å². The number of aromatic nitrogens is 1. The average Bonchev–Trinajstić information content (AvgIpc) is 2.36. The van der Waals surface area contributed by atoms with E-state index in [4.69, 9.17) is 23.2 Å². The van der Waals surface area contributed by atoms with Crippen LogP contribution in [0.25, 0.3) is 0 Å². The number of nitrogens with zero attached hydrogens (tertiary/aromatic N) is 1. The van der Waals surface area contributed by atoms with Crippen LogP contribution in [0.3, 0.4) is 0 Å². The van der Waals surface area contributed by atoms with E-state index in [0.29, 0.717) is 11.8 Å². The Morgan fingerprint density at radius 2 is 1.47 bits per heavy atom. The summed E-state index contributed by atoms with van der Waals surface area (Å²) in [7, 11) is 0. The molecule has 0 saturated carbocycles. The summed E-state index contributed by atoms with van der Waals surface area (Å²) in [6.07, 6.45) is 0. The lowest BCUT2D eigenvalue weighted by atomic mass is 10.4. The van der Waals surface area contributed by atoms with Gasteiger partial charge in [0.2, 0.25) is 0 Å². The first-order chi connectivity index (χ1) is 8.90. The molecule has 1 aromatic carbocycles. The fourth-order valence-electron chi connectivity index (χ4n) is 1.22. The summed E-state index contributed by atoms with van der Waals surface area (Å²) in [4.78, 5) is 1.91. The van der Waals surface area contributed by atoms with E-state index in [1.165, 1.54) is 18.2 Å². The van der Waals surface area contributed by atoms with E-state index >= 15 is 0 Å². The molecular weight excluding hydrogens is 325 g/mol. The molecule has 0 unspecified atom stereocenters. The molecular formula is C11H3Cl2F4NS. The van der Waals surface area contributed by atoms with Gasteiger partial charge in [-0.15, -0.1) is 0 Å². The zero-order valence-electron chi connectivity index (χ0n) is 8.86. The van der Waals surface area contributed by atoms with Crippen LogP contribution >= 0.6 is 35.0 Å². The van der Waals surface area contributed by atoms with Gasteiger partial charge in [0.1, 0.15) is 0 Å². The van der Waals surface area contributed by atoms with E-state index in [9.17, 15) is 17.6 Å². The van der Waals surface area contributed by atoms with Crippen LogP contribution in [0.2, 0.25) is 10.0 Å². The molecule has 0 atom stereocenters. The Morgan fingerprint density at radius 1 is 0.895 bits per heavy atom. The van der Waals surface area contributed by atoms with Crippen LogP contribution in [0.15, 0.2) is 28.0 Å². The number of rotatable bonds is 2. The molecule has 2 aromatic rings. The molecule has 0 aliphatic carbocycles. The number of hydrogen-bond acceptors (Lipinski definition) is 2. The molecule has 0 N–H and O–H groups in total. The Kier molecular flexibility index (Phi) is 4.23. The van der Waals surface area contributed by atoms with Gasteiger partial charge >= 0.3 is 0 Å². The van der Waals surface area contributed by atoms with Crippen LogP contribution in [0.1, 0.15) is 0 Å². The molecule has 8 heteroatoms. The highest BCUT2D eigenvalue weighted by Crippen LogP contribution is 2.36. The monoisotopic (exact) mass is 327 g/mol. The highest BCUT2D eigenvalue weighted by atomic mass is 35.5. The van der Waals surface area contributed by atoms with E-state index in [0.717, 1.165) is 0 Å². The van der Waals surface area contributed by atoms with Gasteiger partial charge in [0.15, 0.2) is 11.6 Å². The molecule has 1 nitrogen and oxygen atoms in total. The van der Waals surface area contributed by atoms with Gasteiger partial charge in [-0.3, -0.25) is 0 Å². The molecule has 100 valence electrons. The zero-order chi connectivity index (χ0) is 14.2. The van der Waals surface area contributed by atoms with Crippen LogP contribution in [0.4, 0.5) is 17.6 Å². The predicted octanol–water partition coefficient (Wildman–Crippen LogP) is 5.10. The summed E-state index contributed by atoms with van der Waals surface area (Å²) < 4.78 is 52.6. The second-order valence-electron chi connectivity index (χ2n) is 3.33. The first-order valence-electron chi connectivity index (χ1n) is 4.73. The van der Waals surface area contributed by atoms with Gasteiger partial charge in [-0.1, -0.05) is 35.0 Å². The third kappa shape index (κ3) is 2.96. The predicted molar refractivity (Wildman–Crippen MR) is 64.7 cm³/mol. The standard InChI is InChI=1S/C11H3Cl2F4NS/c12-5-2-1-4(3-6(5)13)19-9-7(14)10(16)18-11(17)8(9)15/h1-3H. The third-order valence-corrected chi connectivity index (χ3v) is 3.86. The molecule has 0 radical (unpaired) electrons. The summed E-state index contributed by atoms with van der Waals surface area (Å²) in [5, 5.41) is 0.404. The Bertz CT molecular complexity index is 625. The topological polar surface area (TPSA) is 12.9 Å². The Morgan fingerprint density at radius 3 is 2.00 bits per heavy atom. The smallest absolute Gasteiger partial charge is 0.201 e. The summed E-state index contributed by atoms with van der Waals surface area (Å²) in [5.74, 6) is -6.53. The minimum atomic E-state index is -1.71. The summed E-state index contributed by atoms with van der Waals surface area (Å²) in [6.45, 7) is 0. The molecule has 0 saturated heterocycles. The van der Waals surface area contributed by atoms with Gasteiger partial charge in [0.05, 0.1) is 14.9 Å². The van der Waals surface area contributed by atoms with Crippen molar-refractivity contribution in [3.63, 3.8) is 0 Å². The van der Waals surface area contributed by atoms with Crippen molar-refractivity contribution in [1.82, 2.24) is 4.98 Å². The van der Waals surface area contributed by atoms with Crippen LogP contribution in [0, 0.1) is 23.5 Å². The summed E-state index contributed by atoms with van der Waals surface area (Å²) in [5.41, 5.74) is 0. The van der Waals surface area contributed by atoms with E-state index in [2.05, 4.69) is 4.98 Å². The van der Waals surface area contributed by atoms with Crippen LogP contribution in [-0.2, 0) is 0 Å². The van der Waals surface area contributed by atoms with Crippen molar-refractivity contribution in [2.75, 3.05) is 0 Å². The Hall–Kier alpha value is -0.980. The Labute approximate surface area is 119 Å². The molecule has 0 spiro atoms. The largest absolute Gasteiger partial charge is 0.252 e. The van der Waals surface area contributed by atoms with Gasteiger partial charge in [-0.05, 0) is 18.2 Å². The second-order valence-corrected chi connectivity index (χ2v) is 5.23. The average molecular weight is 328 g/mol. The van der Waals surface area contributed by atoms with Crippen molar-refractivity contribution in [3.05, 3.63) is 51.8 Å². The normalized spacial score (nSPS) is 10.8. The number of pyridine rings is 1. The molecule has 0 aliphatic rings. The van der Waals surface area contributed by atoms with E-state index in [1.54, 1.807) is 0 Å². The molecule has 1 heterocycles. The fraction of sp³-hybridized carbons (Fsp3) is 0. The van der Waals surface area contributed by atoms with Crippen molar-refractivity contribution in [3.8, 4) is 0 Å². The maximum atomic E-state index is 13.4. The minimum absolute atomic E-state index is 0.155. The molecule has 0 aliphatic heterocycles. The number of halogens is 6. The van der Waals surface area contributed by atoms with Gasteiger partial charge in [0.25, 0.3) is 11.9 Å². The first-order valence-corrected chi connectivity index (χ1v) is 6.30. The first kappa shape index (κ1) is 14.4. The number of benzene rings is 1. The van der Waals surface area contributed by atoms with Crippen LogP contribution in [0.5, 0.6) is 0 Å². The lowest BCUT2D eigenvalue weighted by molar-refractivity contribution is 0.383. The van der Waals surface area contributed by atoms with E-state index in [1.807, 2.05) is 0 Å². The van der Waals surface area contributed by atoms with Crippen molar-refractivity contribution >= 4 is 35.0 Å². The van der Waals surface area contributed by atoms with Gasteiger partial charge in [-0.2, -0.15) is 13.8 Å². The van der Waals surface area contributed by atoms with Crippen molar-refractivity contribution in [2.24, 2.45) is 0 Å². The van der Waals surface area contributed by atoms with Crippen molar-refractivity contribution in [1.29, 1.82) is 0 Å². The molecule has 1 aromatic heterocycles. The molecule has 19 heavy (non-hydrogen) atoms. The van der Waals surface area contributed by atoms with Crippen LogP contribution < -0.4 is 0 Å². The number of hydrogen-bond donors (Lipinski definition) is 0. The fourth-order valence-corrected chi connectivity index (χ4v) is 2.47. The zero-order valence-corrected chi connectivity index (χ0v) is 11.2. The molecule has 0 amide bonds. The molecule has 2 rings (SSSR count).